The summed E-state index contributed by atoms with van der Waals surface area (Å²) in [7, 11) is 0. The third kappa shape index (κ3) is 2.20. The molecule has 0 aliphatic carbocycles. The fraction of sp³-hybridized carbons (Fsp3) is 0.500. The first-order valence-electron chi connectivity index (χ1n) is 6.01. The summed E-state index contributed by atoms with van der Waals surface area (Å²) in [5.41, 5.74) is 0.870. The summed E-state index contributed by atoms with van der Waals surface area (Å²) in [5.74, 6) is 0.177. The number of amides is 1. The van der Waals surface area contributed by atoms with Crippen molar-refractivity contribution >= 4 is 5.91 Å². The first kappa shape index (κ1) is 12.1. The number of benzene rings is 1. The van der Waals surface area contributed by atoms with Gasteiger partial charge in [-0.1, -0.05) is 30.3 Å². The highest BCUT2D eigenvalue weighted by molar-refractivity contribution is 5.80. The van der Waals surface area contributed by atoms with E-state index in [0.717, 1.165) is 5.56 Å². The topological polar surface area (TPSA) is 40.5 Å². The second kappa shape index (κ2) is 4.49. The molecule has 1 N–H and O–H groups in total. The Kier molecular flexibility index (Phi) is 3.20. The Balaban J connectivity index is 2.18. The lowest BCUT2D eigenvalue weighted by atomic mass is 9.89. The molecule has 1 aliphatic rings. The molecule has 0 bridgehead atoms. The minimum atomic E-state index is -0.262. The van der Waals surface area contributed by atoms with Crippen LogP contribution in [0, 0.1) is 5.92 Å². The molecule has 1 atom stereocenters. The molecule has 2 rings (SSSR count). The third-order valence-electron chi connectivity index (χ3n) is 3.82. The predicted octanol–water partition coefficient (Wildman–Crippen LogP) is 1.81. The van der Waals surface area contributed by atoms with Crippen LogP contribution in [0.15, 0.2) is 30.3 Å². The molecule has 0 spiro atoms. The lowest BCUT2D eigenvalue weighted by Gasteiger charge is -2.35. The zero-order valence-electron chi connectivity index (χ0n) is 10.4. The number of hydrogen-bond acceptors (Lipinski definition) is 2. The number of rotatable bonds is 3. The van der Waals surface area contributed by atoms with Crippen LogP contribution in [0.1, 0.15) is 25.8 Å². The standard InChI is InChI=1S/C14H19NO2/c1-14(2)12(10-16)8-13(17)15(14)9-11-6-4-3-5-7-11/h3-7,12,16H,8-10H2,1-2H3. The highest BCUT2D eigenvalue weighted by Crippen LogP contribution is 2.36. The molecular weight excluding hydrogens is 214 g/mol. The van der Waals surface area contributed by atoms with Gasteiger partial charge in [0.05, 0.1) is 0 Å². The average Bonchev–Trinajstić information content (AvgIpc) is 2.53. The van der Waals surface area contributed by atoms with Crippen molar-refractivity contribution in [3.63, 3.8) is 0 Å². The van der Waals surface area contributed by atoms with E-state index in [1.54, 1.807) is 0 Å². The van der Waals surface area contributed by atoms with Crippen molar-refractivity contribution < 1.29 is 9.90 Å². The maximum Gasteiger partial charge on any atom is 0.223 e. The molecule has 0 saturated carbocycles. The summed E-state index contributed by atoms with van der Waals surface area (Å²) in [5, 5.41) is 9.32. The summed E-state index contributed by atoms with van der Waals surface area (Å²) < 4.78 is 0. The van der Waals surface area contributed by atoms with E-state index in [9.17, 15) is 9.90 Å². The third-order valence-corrected chi connectivity index (χ3v) is 3.82. The van der Waals surface area contributed by atoms with Crippen LogP contribution in [0.4, 0.5) is 0 Å². The summed E-state index contributed by atoms with van der Waals surface area (Å²) >= 11 is 0. The van der Waals surface area contributed by atoms with Gasteiger partial charge in [0, 0.05) is 31.0 Å². The van der Waals surface area contributed by atoms with E-state index < -0.39 is 0 Å². The summed E-state index contributed by atoms with van der Waals surface area (Å²) in [6, 6.07) is 9.97. The second-order valence-electron chi connectivity index (χ2n) is 5.20. The molecule has 17 heavy (non-hydrogen) atoms. The Labute approximate surface area is 102 Å². The van der Waals surface area contributed by atoms with E-state index in [2.05, 4.69) is 0 Å². The average molecular weight is 233 g/mol. The van der Waals surface area contributed by atoms with Crippen LogP contribution in [0.25, 0.3) is 0 Å². The van der Waals surface area contributed by atoms with Crippen molar-refractivity contribution in [3.8, 4) is 0 Å². The van der Waals surface area contributed by atoms with Crippen molar-refractivity contribution in [2.45, 2.75) is 32.4 Å². The molecule has 0 radical (unpaired) electrons. The Bertz CT molecular complexity index is 400. The summed E-state index contributed by atoms with van der Waals surface area (Å²) in [4.78, 5) is 13.9. The summed E-state index contributed by atoms with van der Waals surface area (Å²) in [6.07, 6.45) is 0.455. The van der Waals surface area contributed by atoms with E-state index in [0.29, 0.717) is 13.0 Å². The molecule has 1 aromatic rings. The highest BCUT2D eigenvalue weighted by Gasteiger charge is 2.45. The zero-order valence-corrected chi connectivity index (χ0v) is 10.4. The number of carbonyl (C=O) groups excluding carboxylic acids is 1. The van der Waals surface area contributed by atoms with Gasteiger partial charge in [-0.2, -0.15) is 0 Å². The van der Waals surface area contributed by atoms with E-state index in [4.69, 9.17) is 0 Å². The maximum atomic E-state index is 12.0. The largest absolute Gasteiger partial charge is 0.396 e. The Morgan fingerprint density at radius 2 is 2.00 bits per heavy atom. The minimum absolute atomic E-state index is 0.0405. The van der Waals surface area contributed by atoms with Crippen LogP contribution in [0.2, 0.25) is 0 Å². The normalized spacial score (nSPS) is 23.1. The number of carbonyl (C=O) groups is 1. The van der Waals surface area contributed by atoms with Gasteiger partial charge in [-0.3, -0.25) is 4.79 Å². The van der Waals surface area contributed by atoms with Gasteiger partial charge in [0.1, 0.15) is 0 Å². The fourth-order valence-corrected chi connectivity index (χ4v) is 2.46. The van der Waals surface area contributed by atoms with Crippen LogP contribution in [-0.4, -0.2) is 28.1 Å². The van der Waals surface area contributed by atoms with Gasteiger partial charge in [0.15, 0.2) is 0 Å². The van der Waals surface area contributed by atoms with Gasteiger partial charge < -0.3 is 10.0 Å². The first-order chi connectivity index (χ1) is 8.05. The van der Waals surface area contributed by atoms with Crippen molar-refractivity contribution in [2.75, 3.05) is 6.61 Å². The molecule has 3 nitrogen and oxygen atoms in total. The molecule has 1 fully saturated rings. The van der Waals surface area contributed by atoms with E-state index in [-0.39, 0.29) is 24.0 Å². The molecule has 1 saturated heterocycles. The molecule has 1 unspecified atom stereocenters. The fourth-order valence-electron chi connectivity index (χ4n) is 2.46. The molecule has 3 heteroatoms. The number of likely N-dealkylation sites (tertiary alicyclic amines) is 1. The molecule has 1 aliphatic heterocycles. The maximum absolute atomic E-state index is 12.0. The SMILES string of the molecule is CC1(C)C(CO)CC(=O)N1Cc1ccccc1. The molecular formula is C14H19NO2. The Morgan fingerprint density at radius 3 is 2.53 bits per heavy atom. The smallest absolute Gasteiger partial charge is 0.223 e. The summed E-state index contributed by atoms with van der Waals surface area (Å²) in [6.45, 7) is 4.76. The molecule has 0 aromatic heterocycles. The Hall–Kier alpha value is -1.35. The quantitative estimate of drug-likeness (QED) is 0.865. The van der Waals surface area contributed by atoms with Gasteiger partial charge in [-0.05, 0) is 19.4 Å². The number of aliphatic hydroxyl groups excluding tert-OH is 1. The second-order valence-corrected chi connectivity index (χ2v) is 5.20. The minimum Gasteiger partial charge on any atom is -0.396 e. The van der Waals surface area contributed by atoms with Crippen LogP contribution in [0.5, 0.6) is 0 Å². The van der Waals surface area contributed by atoms with Gasteiger partial charge >= 0.3 is 0 Å². The van der Waals surface area contributed by atoms with E-state index in [1.165, 1.54) is 0 Å². The van der Waals surface area contributed by atoms with Crippen molar-refractivity contribution in [1.82, 2.24) is 4.90 Å². The molecule has 1 amide bonds. The first-order valence-corrected chi connectivity index (χ1v) is 6.01. The van der Waals surface area contributed by atoms with Crippen molar-refractivity contribution in [1.29, 1.82) is 0 Å². The monoisotopic (exact) mass is 233 g/mol. The van der Waals surface area contributed by atoms with E-state index in [1.807, 2.05) is 49.1 Å². The molecule has 1 heterocycles. The lowest BCUT2D eigenvalue weighted by molar-refractivity contribution is -0.131. The van der Waals surface area contributed by atoms with Crippen LogP contribution in [0.3, 0.4) is 0 Å². The van der Waals surface area contributed by atoms with Gasteiger partial charge in [-0.15, -0.1) is 0 Å². The number of aliphatic hydroxyl groups is 1. The highest BCUT2D eigenvalue weighted by atomic mass is 16.3. The Morgan fingerprint density at radius 1 is 1.35 bits per heavy atom. The number of hydrogen-bond donors (Lipinski definition) is 1. The van der Waals surface area contributed by atoms with E-state index >= 15 is 0 Å². The molecule has 92 valence electrons. The zero-order chi connectivity index (χ0) is 12.5. The predicted molar refractivity (Wildman–Crippen MR) is 66.3 cm³/mol. The van der Waals surface area contributed by atoms with Gasteiger partial charge in [0.2, 0.25) is 5.91 Å². The lowest BCUT2D eigenvalue weighted by Crippen LogP contribution is -2.44. The van der Waals surface area contributed by atoms with Crippen LogP contribution in [-0.2, 0) is 11.3 Å². The van der Waals surface area contributed by atoms with Gasteiger partial charge in [0.25, 0.3) is 0 Å². The van der Waals surface area contributed by atoms with Crippen LogP contribution >= 0.6 is 0 Å². The van der Waals surface area contributed by atoms with Crippen molar-refractivity contribution in [2.24, 2.45) is 5.92 Å². The molecule has 1 aromatic carbocycles. The van der Waals surface area contributed by atoms with Gasteiger partial charge in [-0.25, -0.2) is 0 Å². The number of nitrogens with zero attached hydrogens (tertiary/aromatic N) is 1. The van der Waals surface area contributed by atoms with Crippen LogP contribution < -0.4 is 0 Å². The van der Waals surface area contributed by atoms with Crippen molar-refractivity contribution in [3.05, 3.63) is 35.9 Å².